The van der Waals surface area contributed by atoms with E-state index in [0.29, 0.717) is 45.3 Å². The summed E-state index contributed by atoms with van der Waals surface area (Å²) in [6, 6.07) is 4.38. The molecule has 2 aliphatic rings. The van der Waals surface area contributed by atoms with E-state index in [-0.39, 0.29) is 21.4 Å². The van der Waals surface area contributed by atoms with E-state index < -0.39 is 10.0 Å². The third-order valence-electron chi connectivity index (χ3n) is 4.85. The third kappa shape index (κ3) is 4.00. The van der Waals surface area contributed by atoms with Gasteiger partial charge in [-0.25, -0.2) is 8.42 Å². The van der Waals surface area contributed by atoms with Gasteiger partial charge in [-0.1, -0.05) is 18.5 Å². The summed E-state index contributed by atoms with van der Waals surface area (Å²) in [7, 11) is -3.61. The molecule has 8 heteroatoms. The Hall–Kier alpha value is -1.15. The van der Waals surface area contributed by atoms with E-state index >= 15 is 0 Å². The van der Waals surface area contributed by atoms with Crippen molar-refractivity contribution in [3.63, 3.8) is 0 Å². The van der Waals surface area contributed by atoms with E-state index in [1.165, 1.54) is 22.5 Å². The average molecular weight is 387 g/mol. The highest BCUT2D eigenvalue weighted by Gasteiger charge is 2.30. The van der Waals surface area contributed by atoms with Gasteiger partial charge in [0, 0.05) is 26.2 Å². The number of nitrogens with zero attached hydrogens (tertiary/aromatic N) is 2. The Balaban J connectivity index is 1.86. The summed E-state index contributed by atoms with van der Waals surface area (Å²) in [5, 5.41) is 0.266. The van der Waals surface area contributed by atoms with Gasteiger partial charge in [0.25, 0.3) is 5.91 Å². The van der Waals surface area contributed by atoms with Crippen LogP contribution in [0.15, 0.2) is 23.1 Å². The topological polar surface area (TPSA) is 66.9 Å². The molecule has 1 amide bonds. The highest BCUT2D eigenvalue weighted by Crippen LogP contribution is 2.27. The molecule has 2 aliphatic heterocycles. The molecule has 0 spiro atoms. The van der Waals surface area contributed by atoms with Crippen LogP contribution >= 0.6 is 11.6 Å². The third-order valence-corrected chi connectivity index (χ3v) is 7.07. The molecule has 0 unspecified atom stereocenters. The van der Waals surface area contributed by atoms with E-state index in [4.69, 9.17) is 16.3 Å². The Bertz CT molecular complexity index is 739. The summed E-state index contributed by atoms with van der Waals surface area (Å²) >= 11 is 6.18. The number of sulfonamides is 1. The number of amides is 1. The second-order valence-electron chi connectivity index (χ2n) is 6.63. The van der Waals surface area contributed by atoms with E-state index in [1.807, 2.05) is 0 Å². The molecule has 6 nitrogen and oxygen atoms in total. The van der Waals surface area contributed by atoms with Crippen molar-refractivity contribution in [2.75, 3.05) is 39.4 Å². The highest BCUT2D eigenvalue weighted by atomic mass is 35.5. The molecule has 138 valence electrons. The number of hydrogen-bond acceptors (Lipinski definition) is 4. The largest absolute Gasteiger partial charge is 0.378 e. The number of hydrogen-bond donors (Lipinski definition) is 0. The van der Waals surface area contributed by atoms with E-state index in [2.05, 4.69) is 6.92 Å². The fraction of sp³-hybridized carbons (Fsp3) is 0.588. The molecular weight excluding hydrogens is 364 g/mol. The second kappa shape index (κ2) is 7.61. The lowest BCUT2D eigenvalue weighted by Gasteiger charge is -2.30. The maximum absolute atomic E-state index is 12.9. The minimum absolute atomic E-state index is 0.128. The normalized spacial score (nSPS) is 20.6. The predicted molar refractivity (Wildman–Crippen MR) is 95.3 cm³/mol. The fourth-order valence-electron chi connectivity index (χ4n) is 3.14. The molecule has 2 fully saturated rings. The molecule has 1 aromatic carbocycles. The van der Waals surface area contributed by atoms with Crippen molar-refractivity contribution in [2.24, 2.45) is 5.92 Å². The lowest BCUT2D eigenvalue weighted by molar-refractivity contribution is 0.0303. The van der Waals surface area contributed by atoms with Gasteiger partial charge in [-0.2, -0.15) is 4.31 Å². The van der Waals surface area contributed by atoms with Crippen LogP contribution in [-0.2, 0) is 14.8 Å². The van der Waals surface area contributed by atoms with Gasteiger partial charge in [0.2, 0.25) is 10.0 Å². The van der Waals surface area contributed by atoms with Crippen molar-refractivity contribution in [1.29, 1.82) is 0 Å². The van der Waals surface area contributed by atoms with Crippen LogP contribution in [-0.4, -0.2) is 62.9 Å². The van der Waals surface area contributed by atoms with Gasteiger partial charge in [0.15, 0.2) is 0 Å². The van der Waals surface area contributed by atoms with E-state index in [0.717, 1.165) is 12.8 Å². The molecule has 0 bridgehead atoms. The Morgan fingerprint density at radius 2 is 1.80 bits per heavy atom. The van der Waals surface area contributed by atoms with Gasteiger partial charge in [-0.05, 0) is 37.0 Å². The van der Waals surface area contributed by atoms with Gasteiger partial charge in [-0.3, -0.25) is 4.79 Å². The molecule has 0 N–H and O–H groups in total. The second-order valence-corrected chi connectivity index (χ2v) is 8.98. The van der Waals surface area contributed by atoms with Crippen molar-refractivity contribution in [1.82, 2.24) is 9.21 Å². The number of carbonyl (C=O) groups is 1. The van der Waals surface area contributed by atoms with Crippen molar-refractivity contribution >= 4 is 27.5 Å². The number of piperidine rings is 1. The molecule has 0 radical (unpaired) electrons. The molecule has 2 saturated heterocycles. The smallest absolute Gasteiger partial charge is 0.255 e. The maximum Gasteiger partial charge on any atom is 0.255 e. The molecule has 0 saturated carbocycles. The summed E-state index contributed by atoms with van der Waals surface area (Å²) < 4.78 is 32.5. The van der Waals surface area contributed by atoms with Gasteiger partial charge >= 0.3 is 0 Å². The van der Waals surface area contributed by atoms with Crippen LogP contribution in [0.2, 0.25) is 5.02 Å². The van der Waals surface area contributed by atoms with Gasteiger partial charge in [0.1, 0.15) is 0 Å². The molecule has 3 rings (SSSR count). The SMILES string of the molecule is CC1CCN(S(=O)(=O)c2ccc(Cl)c(C(=O)N3CCOCC3)c2)CC1. The number of carbonyl (C=O) groups excluding carboxylic acids is 1. The summed E-state index contributed by atoms with van der Waals surface area (Å²) in [5.41, 5.74) is 0.231. The molecular formula is C17H23ClN2O4S. The first-order chi connectivity index (χ1) is 11.9. The molecule has 0 aromatic heterocycles. The summed E-state index contributed by atoms with van der Waals surface area (Å²) in [5.74, 6) is 0.285. The Morgan fingerprint density at radius 3 is 2.44 bits per heavy atom. The zero-order valence-electron chi connectivity index (χ0n) is 14.3. The first-order valence-electron chi connectivity index (χ1n) is 8.56. The molecule has 1 aromatic rings. The van der Waals surface area contributed by atoms with Crippen LogP contribution in [0.4, 0.5) is 0 Å². The molecule has 0 aliphatic carbocycles. The van der Waals surface area contributed by atoms with Crippen LogP contribution in [0.1, 0.15) is 30.1 Å². The van der Waals surface area contributed by atoms with Crippen molar-refractivity contribution in [3.8, 4) is 0 Å². The lowest BCUT2D eigenvalue weighted by atomic mass is 10.0. The van der Waals surface area contributed by atoms with E-state index in [1.54, 1.807) is 4.90 Å². The van der Waals surface area contributed by atoms with Gasteiger partial charge < -0.3 is 9.64 Å². The van der Waals surface area contributed by atoms with Crippen molar-refractivity contribution in [3.05, 3.63) is 28.8 Å². The standard InChI is InChI=1S/C17H23ClN2O4S/c1-13-4-6-20(7-5-13)25(22,23)14-2-3-16(18)15(12-14)17(21)19-8-10-24-11-9-19/h2-3,12-13H,4-11H2,1H3. The summed E-state index contributed by atoms with van der Waals surface area (Å²) in [6.45, 7) is 5.08. The summed E-state index contributed by atoms with van der Waals surface area (Å²) in [6.07, 6.45) is 1.71. The van der Waals surface area contributed by atoms with Crippen LogP contribution < -0.4 is 0 Å². The van der Waals surface area contributed by atoms with Crippen LogP contribution in [0.5, 0.6) is 0 Å². The van der Waals surface area contributed by atoms with Crippen molar-refractivity contribution < 1.29 is 17.9 Å². The monoisotopic (exact) mass is 386 g/mol. The minimum atomic E-state index is -3.61. The highest BCUT2D eigenvalue weighted by molar-refractivity contribution is 7.89. The Kier molecular flexibility index (Phi) is 5.68. The fourth-order valence-corrected chi connectivity index (χ4v) is 4.83. The Labute approximate surface area is 153 Å². The number of morpholine rings is 1. The van der Waals surface area contributed by atoms with Gasteiger partial charge in [0.05, 0.1) is 28.7 Å². The zero-order chi connectivity index (χ0) is 18.0. The lowest BCUT2D eigenvalue weighted by Crippen LogP contribution is -2.41. The number of ether oxygens (including phenoxy) is 1. The first-order valence-corrected chi connectivity index (χ1v) is 10.4. The number of rotatable bonds is 3. The quantitative estimate of drug-likeness (QED) is 0.799. The number of halogens is 1. The summed E-state index contributed by atoms with van der Waals surface area (Å²) in [4.78, 5) is 14.5. The van der Waals surface area contributed by atoms with Gasteiger partial charge in [-0.15, -0.1) is 0 Å². The maximum atomic E-state index is 12.9. The van der Waals surface area contributed by atoms with Crippen LogP contribution in [0, 0.1) is 5.92 Å². The predicted octanol–water partition coefficient (Wildman–Crippen LogP) is 2.23. The first kappa shape index (κ1) is 18.6. The van der Waals surface area contributed by atoms with Crippen LogP contribution in [0.3, 0.4) is 0 Å². The van der Waals surface area contributed by atoms with E-state index in [9.17, 15) is 13.2 Å². The minimum Gasteiger partial charge on any atom is -0.378 e. The van der Waals surface area contributed by atoms with Crippen molar-refractivity contribution in [2.45, 2.75) is 24.7 Å². The zero-order valence-corrected chi connectivity index (χ0v) is 15.9. The molecule has 0 atom stereocenters. The Morgan fingerprint density at radius 1 is 1.16 bits per heavy atom. The molecule has 2 heterocycles. The number of benzene rings is 1. The van der Waals surface area contributed by atoms with Crippen LogP contribution in [0.25, 0.3) is 0 Å². The average Bonchev–Trinajstić information content (AvgIpc) is 2.62. The molecule has 25 heavy (non-hydrogen) atoms.